The van der Waals surface area contributed by atoms with Crippen LogP contribution in [0.3, 0.4) is 0 Å². The lowest BCUT2D eigenvalue weighted by Gasteiger charge is -2.25. The first-order valence-corrected chi connectivity index (χ1v) is 10.3. The lowest BCUT2D eigenvalue weighted by molar-refractivity contribution is 0.0714. The molecule has 28 heavy (non-hydrogen) atoms. The summed E-state index contributed by atoms with van der Waals surface area (Å²) >= 11 is 0. The smallest absolute Gasteiger partial charge is 0.274 e. The highest BCUT2D eigenvalue weighted by Gasteiger charge is 2.32. The third-order valence-corrected chi connectivity index (χ3v) is 5.90. The van der Waals surface area contributed by atoms with Crippen LogP contribution in [0.1, 0.15) is 73.9 Å². The zero-order chi connectivity index (χ0) is 19.9. The van der Waals surface area contributed by atoms with E-state index in [1.807, 2.05) is 11.0 Å². The number of rotatable bonds is 3. The summed E-state index contributed by atoms with van der Waals surface area (Å²) in [6.07, 6.45) is 5.96. The maximum Gasteiger partial charge on any atom is 0.274 e. The Morgan fingerprint density at radius 3 is 2.75 bits per heavy atom. The molecule has 0 radical (unpaired) electrons. The van der Waals surface area contributed by atoms with Crippen LogP contribution in [-0.4, -0.2) is 43.4 Å². The van der Waals surface area contributed by atoms with E-state index < -0.39 is 0 Å². The minimum atomic E-state index is -0.0870. The number of likely N-dealkylation sites (tertiary alicyclic amines) is 1. The summed E-state index contributed by atoms with van der Waals surface area (Å²) < 4.78 is 1.56. The molecule has 0 bridgehead atoms. The average molecular weight is 383 g/mol. The number of hydrogen-bond donors (Lipinski definition) is 1. The Morgan fingerprint density at radius 1 is 1.21 bits per heavy atom. The van der Waals surface area contributed by atoms with Gasteiger partial charge in [-0.1, -0.05) is 20.8 Å². The van der Waals surface area contributed by atoms with Gasteiger partial charge in [0.05, 0.1) is 18.3 Å². The van der Waals surface area contributed by atoms with Crippen LogP contribution in [0.25, 0.3) is 0 Å². The molecule has 2 aliphatic rings. The monoisotopic (exact) mass is 383 g/mol. The highest BCUT2D eigenvalue weighted by molar-refractivity contribution is 5.92. The van der Waals surface area contributed by atoms with Crippen molar-refractivity contribution in [1.82, 2.24) is 24.9 Å². The Bertz CT molecular complexity index is 937. The van der Waals surface area contributed by atoms with Crippen molar-refractivity contribution in [2.45, 2.75) is 77.3 Å². The first-order valence-electron chi connectivity index (χ1n) is 10.3. The summed E-state index contributed by atoms with van der Waals surface area (Å²) in [5.41, 5.74) is 3.38. The highest BCUT2D eigenvalue weighted by atomic mass is 16.2. The molecule has 4 rings (SSSR count). The van der Waals surface area contributed by atoms with E-state index in [4.69, 9.17) is 0 Å². The summed E-state index contributed by atoms with van der Waals surface area (Å²) in [7, 11) is 0. The second-order valence-corrected chi connectivity index (χ2v) is 9.06. The van der Waals surface area contributed by atoms with Crippen LogP contribution in [-0.2, 0) is 24.8 Å². The minimum Gasteiger partial charge on any atom is -0.332 e. The number of hydrogen-bond acceptors (Lipinski definition) is 4. The Kier molecular flexibility index (Phi) is 4.85. The van der Waals surface area contributed by atoms with Crippen molar-refractivity contribution in [1.29, 1.82) is 0 Å². The van der Waals surface area contributed by atoms with Crippen molar-refractivity contribution in [3.8, 4) is 0 Å². The predicted octanol–water partition coefficient (Wildman–Crippen LogP) is 2.45. The predicted molar refractivity (Wildman–Crippen MR) is 106 cm³/mol. The fourth-order valence-corrected chi connectivity index (χ4v) is 4.19. The number of H-pyrrole nitrogens is 1. The molecule has 1 unspecified atom stereocenters. The van der Waals surface area contributed by atoms with Crippen molar-refractivity contribution < 1.29 is 4.79 Å². The number of fused-ring (bicyclic) bond motifs is 1. The molecule has 2 aromatic rings. The van der Waals surface area contributed by atoms with Crippen LogP contribution in [0.4, 0.5) is 0 Å². The Hall–Kier alpha value is -2.44. The zero-order valence-corrected chi connectivity index (χ0v) is 17.0. The number of amides is 1. The molecule has 1 amide bonds. The van der Waals surface area contributed by atoms with E-state index in [0.29, 0.717) is 18.8 Å². The summed E-state index contributed by atoms with van der Waals surface area (Å²) in [4.78, 5) is 27.4. The zero-order valence-electron chi connectivity index (χ0n) is 17.0. The van der Waals surface area contributed by atoms with Crippen LogP contribution in [0.2, 0.25) is 0 Å². The molecule has 1 fully saturated rings. The van der Waals surface area contributed by atoms with E-state index in [9.17, 15) is 9.59 Å². The van der Waals surface area contributed by atoms with Crippen LogP contribution in [0, 0.1) is 0 Å². The van der Waals surface area contributed by atoms with Gasteiger partial charge >= 0.3 is 0 Å². The minimum absolute atomic E-state index is 0.0193. The number of aromatic nitrogens is 4. The summed E-state index contributed by atoms with van der Waals surface area (Å²) in [6.45, 7) is 7.40. The van der Waals surface area contributed by atoms with Crippen LogP contribution >= 0.6 is 0 Å². The van der Waals surface area contributed by atoms with Gasteiger partial charge in [-0.2, -0.15) is 10.2 Å². The number of carbonyl (C=O) groups excluding carboxylic acids is 1. The number of nitrogens with zero attached hydrogens (tertiary/aromatic N) is 4. The van der Waals surface area contributed by atoms with E-state index in [-0.39, 0.29) is 22.9 Å². The van der Waals surface area contributed by atoms with Crippen LogP contribution in [0.5, 0.6) is 0 Å². The molecule has 1 atom stereocenters. The molecule has 1 aliphatic carbocycles. The van der Waals surface area contributed by atoms with E-state index in [1.54, 1.807) is 10.7 Å². The van der Waals surface area contributed by atoms with Crippen molar-refractivity contribution in [2.24, 2.45) is 0 Å². The summed E-state index contributed by atoms with van der Waals surface area (Å²) in [6, 6.07) is 3.57. The molecule has 7 heteroatoms. The fraction of sp³-hybridized carbons (Fsp3) is 0.619. The number of nitrogens with one attached hydrogen (secondary N) is 1. The van der Waals surface area contributed by atoms with Crippen LogP contribution < -0.4 is 5.56 Å². The van der Waals surface area contributed by atoms with Crippen molar-refractivity contribution in [2.75, 3.05) is 6.54 Å². The molecule has 0 spiro atoms. The van der Waals surface area contributed by atoms with Crippen molar-refractivity contribution in [3.05, 3.63) is 45.1 Å². The van der Waals surface area contributed by atoms with Gasteiger partial charge in [-0.25, -0.2) is 4.68 Å². The molecule has 2 aromatic heterocycles. The average Bonchev–Trinajstić information content (AvgIpc) is 3.31. The van der Waals surface area contributed by atoms with Gasteiger partial charge in [0.1, 0.15) is 5.69 Å². The molecule has 1 N–H and O–H groups in total. The third-order valence-electron chi connectivity index (χ3n) is 5.90. The second kappa shape index (κ2) is 7.18. The molecule has 3 heterocycles. The van der Waals surface area contributed by atoms with Gasteiger partial charge in [-0.3, -0.25) is 14.7 Å². The quantitative estimate of drug-likeness (QED) is 0.882. The first kappa shape index (κ1) is 18.9. The lowest BCUT2D eigenvalue weighted by atomic mass is 9.92. The SMILES string of the molecule is CC(C)(C)c1cc(C(=O)N2CCCC2Cn2nc3c(cc2=O)CCCC3)n[nH]1. The van der Waals surface area contributed by atoms with E-state index >= 15 is 0 Å². The fourth-order valence-electron chi connectivity index (χ4n) is 4.19. The number of aromatic amines is 1. The first-order chi connectivity index (χ1) is 13.3. The largest absolute Gasteiger partial charge is 0.332 e. The normalized spacial score (nSPS) is 19.7. The molecule has 150 valence electrons. The van der Waals surface area contributed by atoms with Crippen molar-refractivity contribution in [3.63, 3.8) is 0 Å². The maximum absolute atomic E-state index is 13.0. The van der Waals surface area contributed by atoms with E-state index in [0.717, 1.165) is 55.5 Å². The molecule has 0 aromatic carbocycles. The van der Waals surface area contributed by atoms with Gasteiger partial charge in [0, 0.05) is 23.7 Å². The van der Waals surface area contributed by atoms with Gasteiger partial charge in [0.2, 0.25) is 0 Å². The van der Waals surface area contributed by atoms with Gasteiger partial charge in [0.25, 0.3) is 11.5 Å². The Balaban J connectivity index is 1.53. The van der Waals surface area contributed by atoms with Crippen LogP contribution in [0.15, 0.2) is 16.9 Å². The summed E-state index contributed by atoms with van der Waals surface area (Å²) in [5, 5.41) is 11.9. The molecule has 1 saturated heterocycles. The maximum atomic E-state index is 13.0. The standard InChI is InChI=1S/C21H29N5O2/c1-21(2,3)18-12-17(22-23-18)20(28)25-10-6-8-15(25)13-26-19(27)11-14-7-4-5-9-16(14)24-26/h11-12,15H,4-10,13H2,1-3H3,(H,22,23). The van der Waals surface area contributed by atoms with Gasteiger partial charge < -0.3 is 4.90 Å². The summed E-state index contributed by atoms with van der Waals surface area (Å²) in [5.74, 6) is -0.0692. The number of carbonyl (C=O) groups is 1. The number of aryl methyl sites for hydroxylation is 2. The molecular formula is C21H29N5O2. The molecule has 7 nitrogen and oxygen atoms in total. The molecule has 1 aliphatic heterocycles. The lowest BCUT2D eigenvalue weighted by Crippen LogP contribution is -2.41. The Morgan fingerprint density at radius 2 is 2.00 bits per heavy atom. The van der Waals surface area contributed by atoms with E-state index in [1.165, 1.54) is 0 Å². The van der Waals surface area contributed by atoms with Crippen molar-refractivity contribution >= 4 is 5.91 Å². The van der Waals surface area contributed by atoms with Gasteiger partial charge in [-0.15, -0.1) is 0 Å². The highest BCUT2D eigenvalue weighted by Crippen LogP contribution is 2.24. The van der Waals surface area contributed by atoms with Gasteiger partial charge in [-0.05, 0) is 50.2 Å². The third kappa shape index (κ3) is 3.62. The molecule has 0 saturated carbocycles. The Labute approximate surface area is 165 Å². The molecular weight excluding hydrogens is 354 g/mol. The van der Waals surface area contributed by atoms with Gasteiger partial charge in [0.15, 0.2) is 0 Å². The second-order valence-electron chi connectivity index (χ2n) is 9.06. The van der Waals surface area contributed by atoms with E-state index in [2.05, 4.69) is 36.1 Å². The topological polar surface area (TPSA) is 83.9 Å².